The van der Waals surface area contributed by atoms with Gasteiger partial charge >= 0.3 is 0 Å². The lowest BCUT2D eigenvalue weighted by Crippen LogP contribution is -2.19. The van der Waals surface area contributed by atoms with Gasteiger partial charge in [-0.2, -0.15) is 0 Å². The molecule has 2 heteroatoms. The number of hydrogen-bond donors (Lipinski definition) is 0. The first-order valence-corrected chi connectivity index (χ1v) is 5.52. The molecule has 2 rings (SSSR count). The van der Waals surface area contributed by atoms with Crippen molar-refractivity contribution in [2.45, 2.75) is 19.3 Å². The lowest BCUT2D eigenvalue weighted by Gasteiger charge is -2.26. The second-order valence-corrected chi connectivity index (χ2v) is 4.64. The maximum absolute atomic E-state index is 13.2. The Morgan fingerprint density at radius 1 is 0.765 bits per heavy atom. The largest absolute Gasteiger partial charge is 0.207 e. The van der Waals surface area contributed by atoms with Gasteiger partial charge < -0.3 is 0 Å². The Kier molecular flexibility index (Phi) is 2.97. The molecule has 0 spiro atoms. The number of rotatable bonds is 2. The van der Waals surface area contributed by atoms with Crippen LogP contribution < -0.4 is 0 Å². The Labute approximate surface area is 99.9 Å². The number of hydrogen-bond acceptors (Lipinski definition) is 0. The molecule has 0 heterocycles. The molecule has 0 bridgehead atoms. The van der Waals surface area contributed by atoms with Crippen LogP contribution in [0.5, 0.6) is 0 Å². The third-order valence-electron chi connectivity index (χ3n) is 3.11. The lowest BCUT2D eigenvalue weighted by molar-refractivity contribution is 0.596. The average Bonchev–Trinajstić information content (AvgIpc) is 2.29. The highest BCUT2D eigenvalue weighted by atomic mass is 19.1. The van der Waals surface area contributed by atoms with Crippen molar-refractivity contribution in [3.05, 3.63) is 71.3 Å². The van der Waals surface area contributed by atoms with E-state index in [1.807, 2.05) is 19.9 Å². The van der Waals surface area contributed by atoms with E-state index in [2.05, 4.69) is 0 Å². The Balaban J connectivity index is 2.45. The van der Waals surface area contributed by atoms with E-state index in [1.165, 1.54) is 24.3 Å². The molecule has 0 aliphatic heterocycles. The van der Waals surface area contributed by atoms with Gasteiger partial charge in [0, 0.05) is 5.41 Å². The highest BCUT2D eigenvalue weighted by molar-refractivity contribution is 5.37. The van der Waals surface area contributed by atoms with Gasteiger partial charge in [-0.15, -0.1) is 0 Å². The fourth-order valence-electron chi connectivity index (χ4n) is 1.91. The molecule has 0 atom stereocenters. The maximum Gasteiger partial charge on any atom is 0.123 e. The van der Waals surface area contributed by atoms with Crippen LogP contribution in [0.15, 0.2) is 48.5 Å². The minimum absolute atomic E-state index is 0.252. The predicted octanol–water partition coefficient (Wildman–Crippen LogP) is 4.29. The van der Waals surface area contributed by atoms with Gasteiger partial charge in [-0.05, 0) is 35.4 Å². The summed E-state index contributed by atoms with van der Waals surface area (Å²) in [4.78, 5) is 0. The van der Waals surface area contributed by atoms with Crippen LogP contribution in [-0.2, 0) is 5.41 Å². The van der Waals surface area contributed by atoms with Gasteiger partial charge in [-0.25, -0.2) is 8.78 Å². The molecule has 17 heavy (non-hydrogen) atoms. The highest BCUT2D eigenvalue weighted by Gasteiger charge is 2.23. The molecule has 0 saturated carbocycles. The molecule has 0 aliphatic carbocycles. The quantitative estimate of drug-likeness (QED) is 0.724. The minimum atomic E-state index is -0.338. The lowest BCUT2D eigenvalue weighted by atomic mass is 9.78. The Hall–Kier alpha value is -1.70. The van der Waals surface area contributed by atoms with Crippen LogP contribution in [0, 0.1) is 11.6 Å². The zero-order valence-electron chi connectivity index (χ0n) is 9.87. The topological polar surface area (TPSA) is 0 Å². The summed E-state index contributed by atoms with van der Waals surface area (Å²) in [6, 6.07) is 12.8. The Morgan fingerprint density at radius 3 is 2.00 bits per heavy atom. The van der Waals surface area contributed by atoms with E-state index in [4.69, 9.17) is 0 Å². The average molecular weight is 232 g/mol. The van der Waals surface area contributed by atoms with Crippen LogP contribution in [0.1, 0.15) is 25.0 Å². The maximum atomic E-state index is 13.2. The van der Waals surface area contributed by atoms with Crippen molar-refractivity contribution < 1.29 is 8.78 Å². The van der Waals surface area contributed by atoms with Gasteiger partial charge in [-0.1, -0.05) is 38.1 Å². The number of halogens is 2. The van der Waals surface area contributed by atoms with Crippen molar-refractivity contribution in [3.63, 3.8) is 0 Å². The summed E-state index contributed by atoms with van der Waals surface area (Å²) in [5.74, 6) is -0.513. The van der Waals surface area contributed by atoms with Crippen molar-refractivity contribution >= 4 is 0 Å². The van der Waals surface area contributed by atoms with Gasteiger partial charge in [0.1, 0.15) is 11.6 Å². The molecule has 0 nitrogen and oxygen atoms in total. The van der Waals surface area contributed by atoms with Crippen molar-refractivity contribution in [1.29, 1.82) is 0 Å². The van der Waals surface area contributed by atoms with Crippen molar-refractivity contribution in [2.24, 2.45) is 0 Å². The summed E-state index contributed by atoms with van der Waals surface area (Å²) in [5.41, 5.74) is 1.50. The van der Waals surface area contributed by atoms with Gasteiger partial charge in [0.05, 0.1) is 0 Å². The van der Waals surface area contributed by atoms with E-state index in [0.29, 0.717) is 0 Å². The SMILES string of the molecule is CC(C)(c1ccc(F)cc1)c1cccc(F)c1. The molecule has 0 N–H and O–H groups in total. The molecule has 0 fully saturated rings. The van der Waals surface area contributed by atoms with E-state index >= 15 is 0 Å². The fourth-order valence-corrected chi connectivity index (χ4v) is 1.91. The van der Waals surface area contributed by atoms with Gasteiger partial charge in [-0.3, -0.25) is 0 Å². The first-order valence-electron chi connectivity index (χ1n) is 5.52. The first kappa shape index (κ1) is 11.8. The highest BCUT2D eigenvalue weighted by Crippen LogP contribution is 2.31. The molecule has 0 unspecified atom stereocenters. The fraction of sp³-hybridized carbons (Fsp3) is 0.200. The normalized spacial score (nSPS) is 11.5. The molecule has 0 aromatic heterocycles. The molecular weight excluding hydrogens is 218 g/mol. The Bertz CT molecular complexity index is 513. The molecule has 0 saturated heterocycles. The molecule has 0 radical (unpaired) electrons. The third-order valence-corrected chi connectivity index (χ3v) is 3.11. The molecule has 0 aliphatic rings. The van der Waals surface area contributed by atoms with E-state index in [0.717, 1.165) is 11.1 Å². The summed E-state index contributed by atoms with van der Waals surface area (Å²) in [7, 11) is 0. The Morgan fingerprint density at radius 2 is 1.41 bits per heavy atom. The third kappa shape index (κ3) is 2.36. The summed E-state index contributed by atoms with van der Waals surface area (Å²) in [5, 5.41) is 0. The van der Waals surface area contributed by atoms with Crippen LogP contribution in [0.4, 0.5) is 8.78 Å². The van der Waals surface area contributed by atoms with E-state index in [-0.39, 0.29) is 17.0 Å². The van der Waals surface area contributed by atoms with Crippen LogP contribution in [-0.4, -0.2) is 0 Å². The number of benzene rings is 2. The van der Waals surface area contributed by atoms with Gasteiger partial charge in [0.2, 0.25) is 0 Å². The molecule has 88 valence electrons. The summed E-state index contributed by atoms with van der Waals surface area (Å²) in [6.07, 6.45) is 0. The molecule has 0 amide bonds. The summed E-state index contributed by atoms with van der Waals surface area (Å²) >= 11 is 0. The molecule has 2 aromatic carbocycles. The van der Waals surface area contributed by atoms with Crippen molar-refractivity contribution in [3.8, 4) is 0 Å². The second-order valence-electron chi connectivity index (χ2n) is 4.64. The van der Waals surface area contributed by atoms with Gasteiger partial charge in [0.25, 0.3) is 0 Å². The van der Waals surface area contributed by atoms with Crippen LogP contribution in [0.2, 0.25) is 0 Å². The van der Waals surface area contributed by atoms with Crippen LogP contribution in [0.3, 0.4) is 0 Å². The standard InChI is InChI=1S/C15H14F2/c1-15(2,11-6-8-13(16)9-7-11)12-4-3-5-14(17)10-12/h3-10H,1-2H3. The van der Waals surface area contributed by atoms with E-state index < -0.39 is 0 Å². The van der Waals surface area contributed by atoms with Crippen molar-refractivity contribution in [1.82, 2.24) is 0 Å². The second kappa shape index (κ2) is 4.28. The van der Waals surface area contributed by atoms with E-state index in [1.54, 1.807) is 18.2 Å². The minimum Gasteiger partial charge on any atom is -0.207 e. The molecule has 2 aromatic rings. The molecular formula is C15H14F2. The summed E-state index contributed by atoms with van der Waals surface area (Å²) in [6.45, 7) is 3.99. The van der Waals surface area contributed by atoms with E-state index in [9.17, 15) is 8.78 Å². The van der Waals surface area contributed by atoms with Crippen molar-refractivity contribution in [2.75, 3.05) is 0 Å². The zero-order valence-corrected chi connectivity index (χ0v) is 9.87. The van der Waals surface area contributed by atoms with Crippen LogP contribution >= 0.6 is 0 Å². The first-order chi connectivity index (χ1) is 8.00. The zero-order chi connectivity index (χ0) is 12.5. The smallest absolute Gasteiger partial charge is 0.123 e. The predicted molar refractivity (Wildman–Crippen MR) is 64.9 cm³/mol. The van der Waals surface area contributed by atoms with Crippen LogP contribution in [0.25, 0.3) is 0 Å². The summed E-state index contributed by atoms with van der Waals surface area (Å²) < 4.78 is 26.1. The monoisotopic (exact) mass is 232 g/mol. The van der Waals surface area contributed by atoms with Gasteiger partial charge in [0.15, 0.2) is 0 Å².